The fourth-order valence-corrected chi connectivity index (χ4v) is 1.71. The van der Waals surface area contributed by atoms with E-state index in [2.05, 4.69) is 6.92 Å². The molecule has 20 heavy (non-hydrogen) atoms. The van der Waals surface area contributed by atoms with Crippen LogP contribution in [0.25, 0.3) is 0 Å². The van der Waals surface area contributed by atoms with Crippen molar-refractivity contribution in [1.29, 1.82) is 0 Å². The summed E-state index contributed by atoms with van der Waals surface area (Å²) in [6.45, 7) is 7.78. The van der Waals surface area contributed by atoms with Crippen molar-refractivity contribution in [2.24, 2.45) is 0 Å². The maximum atomic E-state index is 12.0. The lowest BCUT2D eigenvalue weighted by atomic mass is 10.1. The Balaban J connectivity index is 2.58. The molecule has 1 aromatic carbocycles. The average molecular weight is 280 g/mol. The SMILES string of the molecule is CCOCC(COCC)OC(=O)c1ccc(CC)cc1. The zero-order chi connectivity index (χ0) is 14.8. The smallest absolute Gasteiger partial charge is 0.338 e. The summed E-state index contributed by atoms with van der Waals surface area (Å²) in [6, 6.07) is 7.46. The van der Waals surface area contributed by atoms with E-state index in [-0.39, 0.29) is 12.1 Å². The number of carbonyl (C=O) groups is 1. The molecule has 0 fully saturated rings. The molecule has 0 unspecified atom stereocenters. The van der Waals surface area contributed by atoms with Crippen molar-refractivity contribution in [3.05, 3.63) is 35.4 Å². The number of benzene rings is 1. The van der Waals surface area contributed by atoms with Gasteiger partial charge in [0.2, 0.25) is 0 Å². The van der Waals surface area contributed by atoms with E-state index in [9.17, 15) is 4.79 Å². The molecule has 0 saturated carbocycles. The topological polar surface area (TPSA) is 44.8 Å². The molecule has 0 aliphatic rings. The van der Waals surface area contributed by atoms with Crippen LogP contribution in [-0.4, -0.2) is 38.5 Å². The summed E-state index contributed by atoms with van der Waals surface area (Å²) in [6.07, 6.45) is 0.584. The van der Waals surface area contributed by atoms with E-state index < -0.39 is 0 Å². The minimum Gasteiger partial charge on any atom is -0.454 e. The molecule has 0 saturated heterocycles. The van der Waals surface area contributed by atoms with Crippen LogP contribution in [0.3, 0.4) is 0 Å². The highest BCUT2D eigenvalue weighted by molar-refractivity contribution is 5.89. The van der Waals surface area contributed by atoms with Gasteiger partial charge in [-0.15, -0.1) is 0 Å². The molecule has 0 aliphatic carbocycles. The fraction of sp³-hybridized carbons (Fsp3) is 0.562. The summed E-state index contributed by atoms with van der Waals surface area (Å²) >= 11 is 0. The largest absolute Gasteiger partial charge is 0.454 e. The van der Waals surface area contributed by atoms with Crippen LogP contribution in [0.4, 0.5) is 0 Å². The number of aryl methyl sites for hydroxylation is 1. The number of carbonyl (C=O) groups excluding carboxylic acids is 1. The number of rotatable bonds is 9. The fourth-order valence-electron chi connectivity index (χ4n) is 1.71. The van der Waals surface area contributed by atoms with E-state index in [1.807, 2.05) is 26.0 Å². The van der Waals surface area contributed by atoms with Crippen LogP contribution < -0.4 is 0 Å². The van der Waals surface area contributed by atoms with Gasteiger partial charge < -0.3 is 14.2 Å². The highest BCUT2D eigenvalue weighted by Gasteiger charge is 2.16. The van der Waals surface area contributed by atoms with Crippen LogP contribution in [0, 0.1) is 0 Å². The van der Waals surface area contributed by atoms with Crippen LogP contribution in [0.5, 0.6) is 0 Å². The van der Waals surface area contributed by atoms with Gasteiger partial charge in [0.05, 0.1) is 18.8 Å². The zero-order valence-electron chi connectivity index (χ0n) is 12.6. The van der Waals surface area contributed by atoms with Crippen LogP contribution in [-0.2, 0) is 20.6 Å². The lowest BCUT2D eigenvalue weighted by Crippen LogP contribution is -2.28. The molecule has 1 rings (SSSR count). The molecule has 0 heterocycles. The van der Waals surface area contributed by atoms with E-state index in [1.54, 1.807) is 12.1 Å². The van der Waals surface area contributed by atoms with Crippen molar-refractivity contribution in [2.75, 3.05) is 26.4 Å². The van der Waals surface area contributed by atoms with E-state index in [4.69, 9.17) is 14.2 Å². The monoisotopic (exact) mass is 280 g/mol. The Labute approximate surface area is 121 Å². The molecular formula is C16H24O4. The van der Waals surface area contributed by atoms with Crippen LogP contribution in [0.15, 0.2) is 24.3 Å². The normalized spacial score (nSPS) is 10.8. The molecular weight excluding hydrogens is 256 g/mol. The third kappa shape index (κ3) is 5.72. The lowest BCUT2D eigenvalue weighted by Gasteiger charge is -2.17. The predicted molar refractivity (Wildman–Crippen MR) is 78.0 cm³/mol. The zero-order valence-corrected chi connectivity index (χ0v) is 12.6. The Morgan fingerprint density at radius 3 is 2.00 bits per heavy atom. The van der Waals surface area contributed by atoms with E-state index in [1.165, 1.54) is 5.56 Å². The van der Waals surface area contributed by atoms with Gasteiger partial charge in [-0.05, 0) is 38.0 Å². The molecule has 0 aliphatic heterocycles. The van der Waals surface area contributed by atoms with Crippen molar-refractivity contribution in [2.45, 2.75) is 33.3 Å². The molecule has 4 nitrogen and oxygen atoms in total. The Kier molecular flexibility index (Phi) is 7.92. The quantitative estimate of drug-likeness (QED) is 0.652. The van der Waals surface area contributed by atoms with Crippen molar-refractivity contribution >= 4 is 5.97 Å². The third-order valence-electron chi connectivity index (χ3n) is 2.89. The highest BCUT2D eigenvalue weighted by atomic mass is 16.6. The van der Waals surface area contributed by atoms with Crippen LogP contribution in [0.2, 0.25) is 0 Å². The minimum absolute atomic E-state index is 0.336. The average Bonchev–Trinajstić information content (AvgIpc) is 2.49. The summed E-state index contributed by atoms with van der Waals surface area (Å²) in [4.78, 5) is 12.0. The van der Waals surface area contributed by atoms with Crippen molar-refractivity contribution in [3.63, 3.8) is 0 Å². The first kappa shape index (κ1) is 16.7. The number of esters is 1. The second kappa shape index (κ2) is 9.50. The van der Waals surface area contributed by atoms with Crippen molar-refractivity contribution in [3.8, 4) is 0 Å². The van der Waals surface area contributed by atoms with E-state index in [0.717, 1.165) is 6.42 Å². The van der Waals surface area contributed by atoms with Gasteiger partial charge in [0.15, 0.2) is 0 Å². The molecule has 0 aromatic heterocycles. The third-order valence-corrected chi connectivity index (χ3v) is 2.89. The first-order valence-electron chi connectivity index (χ1n) is 7.16. The lowest BCUT2D eigenvalue weighted by molar-refractivity contribution is -0.0363. The molecule has 0 N–H and O–H groups in total. The molecule has 0 radical (unpaired) electrons. The van der Waals surface area contributed by atoms with Crippen molar-refractivity contribution < 1.29 is 19.0 Å². The standard InChI is InChI=1S/C16H24O4/c1-4-13-7-9-14(10-8-13)16(17)20-15(11-18-5-2)12-19-6-3/h7-10,15H,4-6,11-12H2,1-3H3. The summed E-state index contributed by atoms with van der Waals surface area (Å²) in [5.41, 5.74) is 1.75. The van der Waals surface area contributed by atoms with E-state index >= 15 is 0 Å². The second-order valence-electron chi connectivity index (χ2n) is 4.40. The highest BCUT2D eigenvalue weighted by Crippen LogP contribution is 2.08. The Bertz CT molecular complexity index is 378. The van der Waals surface area contributed by atoms with Gasteiger partial charge in [-0.3, -0.25) is 0 Å². The molecule has 112 valence electrons. The van der Waals surface area contributed by atoms with Gasteiger partial charge in [-0.2, -0.15) is 0 Å². The Morgan fingerprint density at radius 1 is 1.00 bits per heavy atom. The van der Waals surface area contributed by atoms with Gasteiger partial charge in [0.25, 0.3) is 0 Å². The number of hydrogen-bond donors (Lipinski definition) is 0. The summed E-state index contributed by atoms with van der Waals surface area (Å²) < 4.78 is 16.0. The summed E-state index contributed by atoms with van der Waals surface area (Å²) in [5.74, 6) is -0.336. The van der Waals surface area contributed by atoms with Gasteiger partial charge >= 0.3 is 5.97 Å². The van der Waals surface area contributed by atoms with Gasteiger partial charge in [-0.25, -0.2) is 4.79 Å². The molecule has 0 spiro atoms. The Morgan fingerprint density at radius 2 is 1.55 bits per heavy atom. The van der Waals surface area contributed by atoms with E-state index in [0.29, 0.717) is 32.0 Å². The number of hydrogen-bond acceptors (Lipinski definition) is 4. The summed E-state index contributed by atoms with van der Waals surface area (Å²) in [7, 11) is 0. The molecule has 0 bridgehead atoms. The van der Waals surface area contributed by atoms with Crippen molar-refractivity contribution in [1.82, 2.24) is 0 Å². The number of ether oxygens (including phenoxy) is 3. The van der Waals surface area contributed by atoms with Gasteiger partial charge in [0, 0.05) is 13.2 Å². The maximum Gasteiger partial charge on any atom is 0.338 e. The first-order valence-corrected chi connectivity index (χ1v) is 7.16. The molecule has 4 heteroatoms. The van der Waals surface area contributed by atoms with Gasteiger partial charge in [0.1, 0.15) is 6.10 Å². The second-order valence-corrected chi connectivity index (χ2v) is 4.40. The van der Waals surface area contributed by atoms with Gasteiger partial charge in [-0.1, -0.05) is 19.1 Å². The maximum absolute atomic E-state index is 12.0. The molecule has 0 amide bonds. The molecule has 0 atom stereocenters. The first-order chi connectivity index (χ1) is 9.71. The molecule has 1 aromatic rings. The summed E-state index contributed by atoms with van der Waals surface area (Å²) in [5, 5.41) is 0. The Hall–Kier alpha value is -1.39. The van der Waals surface area contributed by atoms with Crippen LogP contribution >= 0.6 is 0 Å². The minimum atomic E-state index is -0.367. The predicted octanol–water partition coefficient (Wildman–Crippen LogP) is 2.85. The van der Waals surface area contributed by atoms with Crippen LogP contribution in [0.1, 0.15) is 36.7 Å².